The van der Waals surface area contributed by atoms with Crippen LogP contribution in [0.5, 0.6) is 0 Å². The molecule has 18 heavy (non-hydrogen) atoms. The van der Waals surface area contributed by atoms with Crippen molar-refractivity contribution in [2.24, 2.45) is 5.92 Å². The molecule has 0 saturated carbocycles. The summed E-state index contributed by atoms with van der Waals surface area (Å²) in [6, 6.07) is 0. The van der Waals surface area contributed by atoms with Crippen LogP contribution in [0.1, 0.15) is 34.1 Å². The lowest BCUT2D eigenvalue weighted by Gasteiger charge is -2.20. The zero-order valence-corrected chi connectivity index (χ0v) is 12.5. The van der Waals surface area contributed by atoms with E-state index >= 15 is 0 Å². The second-order valence-electron chi connectivity index (χ2n) is 5.31. The molecule has 1 amide bonds. The fourth-order valence-electron chi connectivity index (χ4n) is 1.06. The molecular formula is C11H23NO5S. The summed E-state index contributed by atoms with van der Waals surface area (Å²) in [6.45, 7) is 7.75. The van der Waals surface area contributed by atoms with Crippen molar-refractivity contribution in [2.45, 2.75) is 39.7 Å². The lowest BCUT2D eigenvalue weighted by molar-refractivity contribution is 0.0524. The minimum atomic E-state index is -3.40. The van der Waals surface area contributed by atoms with Crippen LogP contribution in [0.2, 0.25) is 0 Å². The summed E-state index contributed by atoms with van der Waals surface area (Å²) in [5.41, 5.74) is -0.519. The second kappa shape index (κ2) is 6.94. The summed E-state index contributed by atoms with van der Waals surface area (Å²) in [5, 5.41) is 2.60. The van der Waals surface area contributed by atoms with Gasteiger partial charge in [0.25, 0.3) is 10.1 Å². The van der Waals surface area contributed by atoms with Crippen molar-refractivity contribution >= 4 is 16.2 Å². The SMILES string of the molecule is C[C@H](CCNC(=O)OC(C)(C)C)COS(C)(=O)=O. The van der Waals surface area contributed by atoms with Gasteiger partial charge >= 0.3 is 6.09 Å². The molecule has 6 nitrogen and oxygen atoms in total. The fourth-order valence-corrected chi connectivity index (χ4v) is 1.54. The highest BCUT2D eigenvalue weighted by Crippen LogP contribution is 2.07. The Bertz CT molecular complexity index is 358. The van der Waals surface area contributed by atoms with Gasteiger partial charge in [-0.15, -0.1) is 0 Å². The molecule has 0 heterocycles. The van der Waals surface area contributed by atoms with Gasteiger partial charge in [0.15, 0.2) is 0 Å². The lowest BCUT2D eigenvalue weighted by atomic mass is 10.1. The first-order chi connectivity index (χ1) is 7.99. The molecule has 0 aliphatic rings. The van der Waals surface area contributed by atoms with E-state index in [0.29, 0.717) is 13.0 Å². The molecule has 1 N–H and O–H groups in total. The number of carbonyl (C=O) groups excluding carboxylic acids is 1. The Balaban J connectivity index is 3.75. The molecule has 0 radical (unpaired) electrons. The number of nitrogens with one attached hydrogen (secondary N) is 1. The van der Waals surface area contributed by atoms with Crippen molar-refractivity contribution in [1.29, 1.82) is 0 Å². The molecule has 0 saturated heterocycles. The maximum Gasteiger partial charge on any atom is 0.407 e. The summed E-state index contributed by atoms with van der Waals surface area (Å²) < 4.78 is 31.2. The molecule has 0 unspecified atom stereocenters. The number of alkyl carbamates (subject to hydrolysis) is 1. The van der Waals surface area contributed by atoms with E-state index < -0.39 is 21.8 Å². The van der Waals surface area contributed by atoms with Crippen molar-refractivity contribution in [3.05, 3.63) is 0 Å². The smallest absolute Gasteiger partial charge is 0.407 e. The standard InChI is InChI=1S/C11H23NO5S/c1-9(8-16-18(5,14)15)6-7-12-10(13)17-11(2,3)4/h9H,6-8H2,1-5H3,(H,12,13)/t9-/m1/s1. The molecule has 0 aliphatic heterocycles. The first kappa shape index (κ1) is 17.2. The normalized spacial score (nSPS) is 14.1. The van der Waals surface area contributed by atoms with Crippen LogP contribution in [-0.4, -0.2) is 39.5 Å². The average molecular weight is 281 g/mol. The fraction of sp³-hybridized carbons (Fsp3) is 0.909. The van der Waals surface area contributed by atoms with Gasteiger partial charge < -0.3 is 10.1 Å². The maximum atomic E-state index is 11.3. The van der Waals surface area contributed by atoms with E-state index in [4.69, 9.17) is 4.74 Å². The van der Waals surface area contributed by atoms with Crippen molar-refractivity contribution in [1.82, 2.24) is 5.32 Å². The predicted octanol–water partition coefficient (Wildman–Crippen LogP) is 1.51. The third kappa shape index (κ3) is 11.7. The van der Waals surface area contributed by atoms with Crippen LogP contribution in [0.4, 0.5) is 4.79 Å². The molecule has 0 aliphatic carbocycles. The maximum absolute atomic E-state index is 11.3. The molecule has 0 aromatic heterocycles. The Morgan fingerprint density at radius 1 is 1.33 bits per heavy atom. The number of hydrogen-bond donors (Lipinski definition) is 1. The Kier molecular flexibility index (Phi) is 6.62. The number of carbonyl (C=O) groups is 1. The molecule has 0 spiro atoms. The summed E-state index contributed by atoms with van der Waals surface area (Å²) in [7, 11) is -3.40. The second-order valence-corrected chi connectivity index (χ2v) is 6.96. The van der Waals surface area contributed by atoms with Gasteiger partial charge in [0, 0.05) is 6.54 Å². The Morgan fingerprint density at radius 3 is 2.33 bits per heavy atom. The molecular weight excluding hydrogens is 258 g/mol. The van der Waals surface area contributed by atoms with Crippen molar-refractivity contribution in [3.63, 3.8) is 0 Å². The number of ether oxygens (including phenoxy) is 1. The van der Waals surface area contributed by atoms with Crippen LogP contribution in [0.25, 0.3) is 0 Å². The lowest BCUT2D eigenvalue weighted by Crippen LogP contribution is -2.33. The molecule has 0 bridgehead atoms. The van der Waals surface area contributed by atoms with Gasteiger partial charge in [0.2, 0.25) is 0 Å². The van der Waals surface area contributed by atoms with Gasteiger partial charge in [0.1, 0.15) is 5.60 Å². The Labute approximate surface area is 109 Å². The summed E-state index contributed by atoms with van der Waals surface area (Å²) in [4.78, 5) is 11.3. The van der Waals surface area contributed by atoms with E-state index in [0.717, 1.165) is 6.26 Å². The number of amides is 1. The van der Waals surface area contributed by atoms with Crippen LogP contribution >= 0.6 is 0 Å². The zero-order valence-electron chi connectivity index (χ0n) is 11.6. The van der Waals surface area contributed by atoms with E-state index in [1.807, 2.05) is 6.92 Å². The van der Waals surface area contributed by atoms with E-state index in [2.05, 4.69) is 9.50 Å². The highest BCUT2D eigenvalue weighted by atomic mass is 32.2. The van der Waals surface area contributed by atoms with E-state index in [9.17, 15) is 13.2 Å². The molecule has 0 fully saturated rings. The topological polar surface area (TPSA) is 81.7 Å². The van der Waals surface area contributed by atoms with Gasteiger partial charge in [-0.3, -0.25) is 4.18 Å². The van der Waals surface area contributed by atoms with Crippen LogP contribution in [0, 0.1) is 5.92 Å². The zero-order chi connectivity index (χ0) is 14.4. The van der Waals surface area contributed by atoms with Crippen LogP contribution in [0.3, 0.4) is 0 Å². The van der Waals surface area contributed by atoms with Gasteiger partial charge in [-0.25, -0.2) is 4.79 Å². The van der Waals surface area contributed by atoms with E-state index in [1.165, 1.54) is 0 Å². The minimum absolute atomic E-state index is 0.0367. The third-order valence-corrected chi connectivity index (χ3v) is 2.44. The molecule has 0 aromatic rings. The number of rotatable bonds is 6. The predicted molar refractivity (Wildman–Crippen MR) is 68.8 cm³/mol. The highest BCUT2D eigenvalue weighted by molar-refractivity contribution is 7.85. The largest absolute Gasteiger partial charge is 0.444 e. The van der Waals surface area contributed by atoms with Gasteiger partial charge in [0.05, 0.1) is 12.9 Å². The summed E-state index contributed by atoms with van der Waals surface area (Å²) in [6.07, 6.45) is 1.16. The highest BCUT2D eigenvalue weighted by Gasteiger charge is 2.16. The Hall–Kier alpha value is -0.820. The van der Waals surface area contributed by atoms with Crippen LogP contribution < -0.4 is 5.32 Å². The average Bonchev–Trinajstić information content (AvgIpc) is 2.10. The van der Waals surface area contributed by atoms with Crippen molar-refractivity contribution < 1.29 is 22.1 Å². The van der Waals surface area contributed by atoms with E-state index in [1.54, 1.807) is 20.8 Å². The van der Waals surface area contributed by atoms with Crippen molar-refractivity contribution in [2.75, 3.05) is 19.4 Å². The molecule has 7 heteroatoms. The Morgan fingerprint density at radius 2 is 1.89 bits per heavy atom. The first-order valence-corrected chi connectivity index (χ1v) is 7.62. The van der Waals surface area contributed by atoms with Gasteiger partial charge in [-0.1, -0.05) is 6.92 Å². The van der Waals surface area contributed by atoms with Crippen LogP contribution in [0.15, 0.2) is 0 Å². The minimum Gasteiger partial charge on any atom is -0.444 e. The van der Waals surface area contributed by atoms with Gasteiger partial charge in [-0.05, 0) is 33.1 Å². The quantitative estimate of drug-likeness (QED) is 0.746. The molecule has 0 rings (SSSR count). The van der Waals surface area contributed by atoms with Gasteiger partial charge in [-0.2, -0.15) is 8.42 Å². The van der Waals surface area contributed by atoms with Crippen molar-refractivity contribution in [3.8, 4) is 0 Å². The first-order valence-electron chi connectivity index (χ1n) is 5.81. The summed E-state index contributed by atoms with van der Waals surface area (Å²) in [5.74, 6) is 0.0367. The molecule has 108 valence electrons. The van der Waals surface area contributed by atoms with Crippen LogP contribution in [-0.2, 0) is 19.0 Å². The number of hydrogen-bond acceptors (Lipinski definition) is 5. The monoisotopic (exact) mass is 281 g/mol. The third-order valence-electron chi connectivity index (χ3n) is 1.87. The summed E-state index contributed by atoms with van der Waals surface area (Å²) >= 11 is 0. The molecule has 0 aromatic carbocycles. The molecule has 1 atom stereocenters. The van der Waals surface area contributed by atoms with E-state index in [-0.39, 0.29) is 12.5 Å².